The van der Waals surface area contributed by atoms with Gasteiger partial charge in [-0.1, -0.05) is 24.3 Å². The lowest BCUT2D eigenvalue weighted by Crippen LogP contribution is -2.18. The van der Waals surface area contributed by atoms with Crippen LogP contribution in [-0.4, -0.2) is 21.7 Å². The normalized spacial score (nSPS) is 10.0. The van der Waals surface area contributed by atoms with Gasteiger partial charge in [0.05, 0.1) is 9.85 Å². The van der Waals surface area contributed by atoms with Gasteiger partial charge in [0.15, 0.2) is 0 Å². The van der Waals surface area contributed by atoms with E-state index in [1.807, 2.05) is 0 Å². The number of benzene rings is 2. The quantitative estimate of drug-likeness (QED) is 0.575. The molecule has 26 heavy (non-hydrogen) atoms. The van der Waals surface area contributed by atoms with Gasteiger partial charge in [-0.25, -0.2) is 0 Å². The van der Waals surface area contributed by atoms with Crippen molar-refractivity contribution in [1.29, 1.82) is 0 Å². The van der Waals surface area contributed by atoms with Crippen molar-refractivity contribution in [1.82, 2.24) is 0 Å². The topological polar surface area (TPSA) is 144 Å². The molecule has 2 rings (SSSR count). The molecule has 10 nitrogen and oxygen atoms in total. The van der Waals surface area contributed by atoms with Crippen LogP contribution in [0.5, 0.6) is 0 Å². The summed E-state index contributed by atoms with van der Waals surface area (Å²) < 4.78 is 0. The van der Waals surface area contributed by atoms with E-state index in [9.17, 15) is 29.8 Å². The second kappa shape index (κ2) is 8.33. The molecular weight excluding hydrogens is 344 g/mol. The minimum absolute atomic E-state index is 0.0293. The Morgan fingerprint density at radius 1 is 0.731 bits per heavy atom. The molecule has 0 aromatic heterocycles. The molecule has 134 valence electrons. The number of rotatable bonds is 7. The van der Waals surface area contributed by atoms with Crippen LogP contribution in [0, 0.1) is 20.2 Å². The molecule has 2 amide bonds. The van der Waals surface area contributed by atoms with Crippen molar-refractivity contribution in [2.75, 3.05) is 10.6 Å². The van der Waals surface area contributed by atoms with Crippen molar-refractivity contribution in [3.05, 3.63) is 68.8 Å². The lowest BCUT2D eigenvalue weighted by atomic mass is 10.2. The van der Waals surface area contributed by atoms with Gasteiger partial charge in [-0.2, -0.15) is 0 Å². The molecule has 0 aliphatic heterocycles. The summed E-state index contributed by atoms with van der Waals surface area (Å²) in [7, 11) is 0. The monoisotopic (exact) mass is 358 g/mol. The number of amides is 2. The zero-order valence-corrected chi connectivity index (χ0v) is 13.4. The number of anilines is 2. The summed E-state index contributed by atoms with van der Waals surface area (Å²) in [6, 6.07) is 11.2. The molecule has 2 N–H and O–H groups in total. The van der Waals surface area contributed by atoms with E-state index in [0.717, 1.165) is 0 Å². The Labute approximate surface area is 147 Å². The van der Waals surface area contributed by atoms with E-state index in [2.05, 4.69) is 10.6 Å². The van der Waals surface area contributed by atoms with Gasteiger partial charge < -0.3 is 10.6 Å². The van der Waals surface area contributed by atoms with E-state index < -0.39 is 21.7 Å². The molecule has 0 radical (unpaired) electrons. The van der Waals surface area contributed by atoms with Crippen molar-refractivity contribution >= 4 is 34.6 Å². The van der Waals surface area contributed by atoms with Crippen LogP contribution >= 0.6 is 0 Å². The predicted molar refractivity (Wildman–Crippen MR) is 92.7 cm³/mol. The predicted octanol–water partition coefficient (Wildman–Crippen LogP) is 2.86. The molecule has 10 heteroatoms. The summed E-state index contributed by atoms with van der Waals surface area (Å²) in [5.74, 6) is -1.17. The van der Waals surface area contributed by atoms with Crippen molar-refractivity contribution < 1.29 is 19.4 Å². The zero-order chi connectivity index (χ0) is 19.1. The highest BCUT2D eigenvalue weighted by Gasteiger charge is 2.17. The van der Waals surface area contributed by atoms with Gasteiger partial charge in [-0.15, -0.1) is 0 Å². The third-order valence-corrected chi connectivity index (χ3v) is 3.33. The van der Waals surface area contributed by atoms with E-state index in [1.165, 1.54) is 48.5 Å². The highest BCUT2D eigenvalue weighted by Crippen LogP contribution is 2.24. The lowest BCUT2D eigenvalue weighted by Gasteiger charge is -2.07. The molecule has 2 aromatic rings. The fraction of sp³-hybridized carbons (Fsp3) is 0.125. The fourth-order valence-electron chi connectivity index (χ4n) is 2.13. The highest BCUT2D eigenvalue weighted by molar-refractivity contribution is 5.98. The van der Waals surface area contributed by atoms with Crippen LogP contribution in [0.25, 0.3) is 0 Å². The van der Waals surface area contributed by atoms with E-state index in [4.69, 9.17) is 0 Å². The first-order chi connectivity index (χ1) is 12.4. The maximum Gasteiger partial charge on any atom is 0.292 e. The summed E-state index contributed by atoms with van der Waals surface area (Å²) in [5, 5.41) is 26.5. The number of hydrogen-bond donors (Lipinski definition) is 2. The van der Waals surface area contributed by atoms with Crippen LogP contribution in [0.3, 0.4) is 0 Å². The first-order valence-corrected chi connectivity index (χ1v) is 7.45. The smallest absolute Gasteiger partial charge is 0.292 e. The van der Waals surface area contributed by atoms with Crippen LogP contribution < -0.4 is 10.6 Å². The Bertz CT molecular complexity index is 796. The number of nitrogens with one attached hydrogen (secondary N) is 2. The third-order valence-electron chi connectivity index (χ3n) is 3.33. The Hall–Kier alpha value is -3.82. The molecule has 0 saturated carbocycles. The Morgan fingerprint density at radius 2 is 1.08 bits per heavy atom. The number of nitro benzene ring substituents is 2. The Balaban J connectivity index is 1.93. The number of carbonyl (C=O) groups excluding carboxylic acids is 2. The second-order valence-electron chi connectivity index (χ2n) is 5.14. The summed E-state index contributed by atoms with van der Waals surface area (Å²) >= 11 is 0. The highest BCUT2D eigenvalue weighted by atomic mass is 16.6. The minimum Gasteiger partial charge on any atom is -0.320 e. The van der Waals surface area contributed by atoms with Gasteiger partial charge >= 0.3 is 0 Å². The maximum atomic E-state index is 11.9. The van der Waals surface area contributed by atoms with Gasteiger partial charge in [0.2, 0.25) is 11.8 Å². The minimum atomic E-state index is -0.628. The van der Waals surface area contributed by atoms with Crippen molar-refractivity contribution in [3.63, 3.8) is 0 Å². The summed E-state index contributed by atoms with van der Waals surface area (Å²) in [6.07, 6.45) is -0.475. The molecule has 0 heterocycles. The van der Waals surface area contributed by atoms with Crippen molar-refractivity contribution in [2.24, 2.45) is 0 Å². The third kappa shape index (κ3) is 4.84. The average molecular weight is 358 g/mol. The molecule has 0 spiro atoms. The second-order valence-corrected chi connectivity index (χ2v) is 5.14. The first-order valence-electron chi connectivity index (χ1n) is 7.45. The van der Waals surface area contributed by atoms with Crippen LogP contribution in [0.2, 0.25) is 0 Å². The van der Waals surface area contributed by atoms with Gasteiger partial charge in [-0.3, -0.25) is 29.8 Å². The van der Waals surface area contributed by atoms with Gasteiger partial charge in [-0.05, 0) is 12.1 Å². The molecule has 0 atom stereocenters. The maximum absolute atomic E-state index is 11.9. The Kier molecular flexibility index (Phi) is 5.93. The van der Waals surface area contributed by atoms with E-state index in [1.54, 1.807) is 0 Å². The average Bonchev–Trinajstić information content (AvgIpc) is 2.60. The number of nitro groups is 2. The number of carbonyl (C=O) groups is 2. The van der Waals surface area contributed by atoms with E-state index in [0.29, 0.717) is 0 Å². The Morgan fingerprint density at radius 3 is 1.42 bits per heavy atom. The number of hydrogen-bond acceptors (Lipinski definition) is 6. The molecule has 0 saturated heterocycles. The van der Waals surface area contributed by atoms with E-state index >= 15 is 0 Å². The van der Waals surface area contributed by atoms with Gasteiger partial charge in [0, 0.05) is 25.0 Å². The SMILES string of the molecule is O=C(CCC(=O)Nc1ccccc1[N+](=O)[O-])Nc1ccccc1[N+](=O)[O-]. The standard InChI is InChI=1S/C16H14N4O6/c21-15(17-11-5-1-3-7-13(11)19(23)24)9-10-16(22)18-12-6-2-4-8-14(12)20(25)26/h1-8H,9-10H2,(H,17,21)(H,18,22). The van der Waals surface area contributed by atoms with Crippen LogP contribution in [0.15, 0.2) is 48.5 Å². The molecular formula is C16H14N4O6. The van der Waals surface area contributed by atoms with Crippen LogP contribution in [-0.2, 0) is 9.59 Å². The molecule has 0 aliphatic carbocycles. The first kappa shape index (κ1) is 18.5. The van der Waals surface area contributed by atoms with Crippen molar-refractivity contribution in [2.45, 2.75) is 12.8 Å². The lowest BCUT2D eigenvalue weighted by molar-refractivity contribution is -0.384. The fourth-order valence-corrected chi connectivity index (χ4v) is 2.13. The largest absolute Gasteiger partial charge is 0.320 e. The summed E-state index contributed by atoms with van der Waals surface area (Å²) in [4.78, 5) is 44.3. The van der Waals surface area contributed by atoms with Crippen LogP contribution in [0.4, 0.5) is 22.7 Å². The molecule has 2 aromatic carbocycles. The molecule has 0 aliphatic rings. The summed E-state index contributed by atoms with van der Waals surface area (Å²) in [5.41, 5.74) is -0.460. The van der Waals surface area contributed by atoms with Crippen LogP contribution in [0.1, 0.15) is 12.8 Å². The van der Waals surface area contributed by atoms with Gasteiger partial charge in [0.1, 0.15) is 11.4 Å². The molecule has 0 bridgehead atoms. The number of nitrogens with zero attached hydrogens (tertiary/aromatic N) is 2. The molecule has 0 fully saturated rings. The van der Waals surface area contributed by atoms with E-state index in [-0.39, 0.29) is 35.6 Å². The summed E-state index contributed by atoms with van der Waals surface area (Å²) in [6.45, 7) is 0. The number of para-hydroxylation sites is 4. The van der Waals surface area contributed by atoms with Crippen molar-refractivity contribution in [3.8, 4) is 0 Å². The molecule has 0 unspecified atom stereocenters. The zero-order valence-electron chi connectivity index (χ0n) is 13.4. The van der Waals surface area contributed by atoms with Gasteiger partial charge in [0.25, 0.3) is 11.4 Å².